The molecule has 10 heteroatoms. The van der Waals surface area contributed by atoms with Gasteiger partial charge in [0.05, 0.1) is 11.8 Å². The number of hydrogen-bond donors (Lipinski definition) is 2. The lowest BCUT2D eigenvalue weighted by Gasteiger charge is -2.23. The van der Waals surface area contributed by atoms with Crippen LogP contribution < -0.4 is 10.1 Å². The van der Waals surface area contributed by atoms with Crippen LogP contribution in [0.3, 0.4) is 0 Å². The molecule has 0 spiro atoms. The third kappa shape index (κ3) is 5.40. The van der Waals surface area contributed by atoms with Crippen LogP contribution in [0.2, 0.25) is 5.02 Å². The Labute approximate surface area is 176 Å². The minimum absolute atomic E-state index is 0.0237. The van der Waals surface area contributed by atoms with E-state index in [0.717, 1.165) is 26.0 Å². The molecule has 2 N–H and O–H groups in total. The van der Waals surface area contributed by atoms with Gasteiger partial charge in [0, 0.05) is 17.1 Å². The monoisotopic (exact) mass is 443 g/mol. The Morgan fingerprint density at radius 1 is 1.33 bits per heavy atom. The predicted octanol–water partition coefficient (Wildman–Crippen LogP) is 4.02. The molecule has 1 fully saturated rings. The summed E-state index contributed by atoms with van der Waals surface area (Å²) in [6, 6.07) is 6.15. The number of nitrogens with zero attached hydrogens (tertiary/aromatic N) is 2. The van der Waals surface area contributed by atoms with Gasteiger partial charge in [-0.15, -0.1) is 0 Å². The molecular weight excluding hydrogens is 423 g/mol. The molecule has 0 saturated heterocycles. The molecule has 2 atom stereocenters. The van der Waals surface area contributed by atoms with E-state index in [4.69, 9.17) is 16.3 Å². The van der Waals surface area contributed by atoms with Crippen molar-refractivity contribution in [3.63, 3.8) is 0 Å². The first-order valence-corrected chi connectivity index (χ1v) is 9.72. The summed E-state index contributed by atoms with van der Waals surface area (Å²) in [5, 5.41) is 13.4. The maximum Gasteiger partial charge on any atom is 0.425 e. The van der Waals surface area contributed by atoms with Crippen LogP contribution >= 0.6 is 11.6 Å². The number of aromatic nitrogens is 2. The van der Waals surface area contributed by atoms with Crippen LogP contribution in [-0.2, 0) is 0 Å². The maximum atomic E-state index is 12.9. The summed E-state index contributed by atoms with van der Waals surface area (Å²) in [4.78, 5) is 20.6. The molecule has 1 aliphatic rings. The molecule has 30 heavy (non-hydrogen) atoms. The van der Waals surface area contributed by atoms with Crippen LogP contribution in [0.15, 0.2) is 30.5 Å². The largest absolute Gasteiger partial charge is 0.463 e. The van der Waals surface area contributed by atoms with Crippen molar-refractivity contribution in [2.45, 2.75) is 44.6 Å². The van der Waals surface area contributed by atoms with Crippen LogP contribution in [0, 0.1) is 5.92 Å². The number of halogens is 4. The Balaban J connectivity index is 1.87. The van der Waals surface area contributed by atoms with Crippen molar-refractivity contribution in [2.75, 3.05) is 6.54 Å². The average molecular weight is 444 g/mol. The molecule has 0 bridgehead atoms. The lowest BCUT2D eigenvalue weighted by atomic mass is 10.0. The highest BCUT2D eigenvalue weighted by Crippen LogP contribution is 2.39. The molecule has 2 aromatic rings. The zero-order valence-corrected chi connectivity index (χ0v) is 17.1. The Kier molecular flexibility index (Phi) is 6.24. The van der Waals surface area contributed by atoms with Crippen LogP contribution in [0.4, 0.5) is 13.2 Å². The number of hydrogen-bond acceptors (Lipinski definition) is 5. The molecule has 162 valence electrons. The van der Waals surface area contributed by atoms with E-state index in [1.54, 1.807) is 6.92 Å². The zero-order valence-electron chi connectivity index (χ0n) is 16.3. The minimum atomic E-state index is -4.59. The first kappa shape index (κ1) is 22.3. The third-order valence-electron chi connectivity index (χ3n) is 4.90. The lowest BCUT2D eigenvalue weighted by molar-refractivity contribution is -0.189. The van der Waals surface area contributed by atoms with Gasteiger partial charge in [-0.2, -0.15) is 13.2 Å². The fourth-order valence-electron chi connectivity index (χ4n) is 2.80. The smallest absolute Gasteiger partial charge is 0.425 e. The van der Waals surface area contributed by atoms with Gasteiger partial charge in [0.15, 0.2) is 6.10 Å². The van der Waals surface area contributed by atoms with Crippen molar-refractivity contribution in [3.8, 4) is 17.1 Å². The van der Waals surface area contributed by atoms with Crippen LogP contribution in [0.1, 0.15) is 37.2 Å². The first-order chi connectivity index (χ1) is 14.0. The topological polar surface area (TPSA) is 84.3 Å². The summed E-state index contributed by atoms with van der Waals surface area (Å²) in [5.74, 6) is -0.828. The van der Waals surface area contributed by atoms with E-state index in [1.807, 2.05) is 0 Å². The van der Waals surface area contributed by atoms with Gasteiger partial charge in [-0.25, -0.2) is 9.97 Å². The van der Waals surface area contributed by atoms with Gasteiger partial charge in [-0.3, -0.25) is 4.79 Å². The number of amides is 1. The van der Waals surface area contributed by atoms with Gasteiger partial charge in [-0.1, -0.05) is 23.7 Å². The van der Waals surface area contributed by atoms with Gasteiger partial charge in [0.1, 0.15) is 11.4 Å². The van der Waals surface area contributed by atoms with Gasteiger partial charge < -0.3 is 15.2 Å². The summed E-state index contributed by atoms with van der Waals surface area (Å²) in [5.41, 5.74) is -0.786. The number of carbonyl (C=O) groups excluding carboxylic acids is 1. The molecule has 1 aromatic carbocycles. The van der Waals surface area contributed by atoms with E-state index in [0.29, 0.717) is 10.6 Å². The second-order valence-electron chi connectivity index (χ2n) is 7.53. The molecule has 1 heterocycles. The van der Waals surface area contributed by atoms with Crippen molar-refractivity contribution in [1.82, 2.24) is 15.3 Å². The Bertz CT molecular complexity index is 916. The van der Waals surface area contributed by atoms with E-state index >= 15 is 0 Å². The highest BCUT2D eigenvalue weighted by atomic mass is 35.5. The average Bonchev–Trinajstić information content (AvgIpc) is 3.52. The van der Waals surface area contributed by atoms with Gasteiger partial charge in [0.2, 0.25) is 5.88 Å². The zero-order chi connectivity index (χ0) is 22.1. The van der Waals surface area contributed by atoms with Crippen molar-refractivity contribution < 1.29 is 27.8 Å². The van der Waals surface area contributed by atoms with Crippen LogP contribution in [-0.4, -0.2) is 45.4 Å². The molecular formula is C20H21ClF3N3O3. The lowest BCUT2D eigenvalue weighted by Crippen LogP contribution is -2.42. The summed E-state index contributed by atoms with van der Waals surface area (Å²) in [6.45, 7) is 2.52. The number of carbonyl (C=O) groups is 1. The Morgan fingerprint density at radius 3 is 2.53 bits per heavy atom. The van der Waals surface area contributed by atoms with Gasteiger partial charge in [0.25, 0.3) is 5.91 Å². The predicted molar refractivity (Wildman–Crippen MR) is 104 cm³/mol. The molecule has 3 rings (SSSR count). The first-order valence-electron chi connectivity index (χ1n) is 9.34. The highest BCUT2D eigenvalue weighted by molar-refractivity contribution is 6.30. The fourth-order valence-corrected chi connectivity index (χ4v) is 2.93. The Morgan fingerprint density at radius 2 is 1.97 bits per heavy atom. The van der Waals surface area contributed by atoms with E-state index in [-0.39, 0.29) is 29.7 Å². The number of alkyl halides is 3. The number of rotatable bonds is 7. The Hall–Kier alpha value is -2.39. The second-order valence-corrected chi connectivity index (χ2v) is 7.97. The van der Waals surface area contributed by atoms with E-state index in [9.17, 15) is 23.1 Å². The molecule has 0 radical (unpaired) electrons. The van der Waals surface area contributed by atoms with Crippen LogP contribution in [0.25, 0.3) is 11.3 Å². The van der Waals surface area contributed by atoms with Crippen molar-refractivity contribution in [1.29, 1.82) is 0 Å². The second kappa shape index (κ2) is 8.39. The summed E-state index contributed by atoms with van der Waals surface area (Å²) < 4.78 is 43.8. The van der Waals surface area contributed by atoms with E-state index < -0.39 is 23.8 Å². The molecule has 1 unspecified atom stereocenters. The summed E-state index contributed by atoms with van der Waals surface area (Å²) in [7, 11) is 0. The molecule has 6 nitrogen and oxygen atoms in total. The number of benzene rings is 1. The maximum absolute atomic E-state index is 12.9. The number of aliphatic hydroxyl groups is 1. The SMILES string of the molecule is CC(Oc1ncc(C(=O)NC[C@](C)(O)C2CC2)nc1-c1ccc(Cl)cc1)C(F)(F)F. The van der Waals surface area contributed by atoms with Crippen molar-refractivity contribution >= 4 is 17.5 Å². The number of nitrogens with one attached hydrogen (secondary N) is 1. The molecule has 1 saturated carbocycles. The third-order valence-corrected chi connectivity index (χ3v) is 5.15. The van der Waals surface area contributed by atoms with Crippen molar-refractivity contribution in [3.05, 3.63) is 41.2 Å². The summed E-state index contributed by atoms with van der Waals surface area (Å²) >= 11 is 5.88. The van der Waals surface area contributed by atoms with E-state index in [1.165, 1.54) is 24.3 Å². The molecule has 0 aliphatic heterocycles. The van der Waals surface area contributed by atoms with Crippen LogP contribution in [0.5, 0.6) is 5.88 Å². The quantitative estimate of drug-likeness (QED) is 0.675. The van der Waals surface area contributed by atoms with Gasteiger partial charge in [-0.05, 0) is 44.7 Å². The summed E-state index contributed by atoms with van der Waals surface area (Å²) in [6.07, 6.45) is -3.88. The number of ether oxygens (including phenoxy) is 1. The minimum Gasteiger partial charge on any atom is -0.463 e. The molecule has 1 amide bonds. The van der Waals surface area contributed by atoms with E-state index in [2.05, 4.69) is 15.3 Å². The normalized spacial score (nSPS) is 17.2. The molecule has 1 aromatic heterocycles. The standard InChI is InChI=1S/C20H21ClF3N3O3/c1-11(20(22,23)24)30-18-16(12-3-7-14(21)8-4-12)27-15(9-25-18)17(28)26-10-19(2,29)13-5-6-13/h3-4,7-9,11,13,29H,5-6,10H2,1-2H3,(H,26,28)/t11?,19-/m0/s1. The van der Waals surface area contributed by atoms with Gasteiger partial charge >= 0.3 is 6.18 Å². The molecule has 1 aliphatic carbocycles. The van der Waals surface area contributed by atoms with Crippen molar-refractivity contribution in [2.24, 2.45) is 5.92 Å². The fraction of sp³-hybridized carbons (Fsp3) is 0.450. The highest BCUT2D eigenvalue weighted by Gasteiger charge is 2.40.